The number of aliphatic carboxylic acids is 1. The SMILES string of the molecule is COc1c(N2CCC(C(=O)O)CC2C)nc[nH]c1=O. The van der Waals surface area contributed by atoms with Crippen molar-refractivity contribution in [1.82, 2.24) is 9.97 Å². The number of hydrogen-bond donors (Lipinski definition) is 2. The van der Waals surface area contributed by atoms with E-state index in [1.165, 1.54) is 13.4 Å². The van der Waals surface area contributed by atoms with E-state index in [-0.39, 0.29) is 23.3 Å². The number of rotatable bonds is 3. The predicted octanol–water partition coefficient (Wildman–Crippen LogP) is 0.468. The van der Waals surface area contributed by atoms with Gasteiger partial charge in [-0.2, -0.15) is 0 Å². The lowest BCUT2D eigenvalue weighted by atomic mass is 9.92. The van der Waals surface area contributed by atoms with Gasteiger partial charge in [0.2, 0.25) is 5.75 Å². The molecule has 1 aliphatic rings. The van der Waals surface area contributed by atoms with Gasteiger partial charge in [0.15, 0.2) is 5.82 Å². The molecule has 2 rings (SSSR count). The standard InChI is InChI=1S/C12H17N3O4/c1-7-5-8(12(17)18)3-4-15(7)10-9(19-2)11(16)14-6-13-10/h6-8H,3-5H2,1-2H3,(H,17,18)(H,13,14,16). The molecule has 2 N–H and O–H groups in total. The first-order chi connectivity index (χ1) is 9.04. The van der Waals surface area contributed by atoms with Crippen molar-refractivity contribution in [2.45, 2.75) is 25.8 Å². The van der Waals surface area contributed by atoms with Gasteiger partial charge in [-0.1, -0.05) is 0 Å². The van der Waals surface area contributed by atoms with E-state index in [4.69, 9.17) is 9.84 Å². The molecule has 1 fully saturated rings. The molecule has 0 radical (unpaired) electrons. The lowest BCUT2D eigenvalue weighted by molar-refractivity contribution is -0.142. The molecule has 0 aromatic carbocycles. The Kier molecular flexibility index (Phi) is 3.73. The average Bonchev–Trinajstić information content (AvgIpc) is 2.38. The van der Waals surface area contributed by atoms with Gasteiger partial charge in [0.05, 0.1) is 19.4 Å². The molecule has 0 aliphatic carbocycles. The molecule has 7 heteroatoms. The number of ether oxygens (including phenoxy) is 1. The number of H-pyrrole nitrogens is 1. The fraction of sp³-hybridized carbons (Fsp3) is 0.583. The van der Waals surface area contributed by atoms with E-state index in [2.05, 4.69) is 9.97 Å². The minimum Gasteiger partial charge on any atom is -0.489 e. The number of aromatic amines is 1. The summed E-state index contributed by atoms with van der Waals surface area (Å²) in [4.78, 5) is 31.2. The average molecular weight is 267 g/mol. The number of nitrogens with zero attached hydrogens (tertiary/aromatic N) is 2. The van der Waals surface area contributed by atoms with Crippen molar-refractivity contribution in [3.05, 3.63) is 16.7 Å². The van der Waals surface area contributed by atoms with Crippen LogP contribution in [0.2, 0.25) is 0 Å². The molecular weight excluding hydrogens is 250 g/mol. The van der Waals surface area contributed by atoms with E-state index in [9.17, 15) is 9.59 Å². The number of aromatic nitrogens is 2. The van der Waals surface area contributed by atoms with Gasteiger partial charge >= 0.3 is 5.97 Å². The summed E-state index contributed by atoms with van der Waals surface area (Å²) in [6.45, 7) is 2.47. The van der Waals surface area contributed by atoms with Gasteiger partial charge < -0.3 is 19.7 Å². The minimum atomic E-state index is -0.766. The zero-order chi connectivity index (χ0) is 14.0. The number of methoxy groups -OCH3 is 1. The molecule has 1 saturated heterocycles. The van der Waals surface area contributed by atoms with Crippen LogP contribution in [0.3, 0.4) is 0 Å². The van der Waals surface area contributed by atoms with E-state index >= 15 is 0 Å². The first-order valence-corrected chi connectivity index (χ1v) is 6.15. The lowest BCUT2D eigenvalue weighted by Gasteiger charge is -2.37. The molecule has 19 heavy (non-hydrogen) atoms. The Bertz CT molecular complexity index is 528. The molecule has 104 valence electrons. The molecule has 2 atom stereocenters. The Hall–Kier alpha value is -2.05. The van der Waals surface area contributed by atoms with Crippen LogP contribution in [0.25, 0.3) is 0 Å². The summed E-state index contributed by atoms with van der Waals surface area (Å²) in [5.41, 5.74) is -0.333. The number of hydrogen-bond acceptors (Lipinski definition) is 5. The van der Waals surface area contributed by atoms with Gasteiger partial charge in [-0.15, -0.1) is 0 Å². The van der Waals surface area contributed by atoms with Crippen LogP contribution in [0.15, 0.2) is 11.1 Å². The molecule has 1 aliphatic heterocycles. The Labute approximate surface area is 110 Å². The topological polar surface area (TPSA) is 95.5 Å². The highest BCUT2D eigenvalue weighted by atomic mass is 16.5. The maximum Gasteiger partial charge on any atom is 0.306 e. The van der Waals surface area contributed by atoms with E-state index in [0.29, 0.717) is 25.2 Å². The molecule has 2 heterocycles. The Morgan fingerprint density at radius 1 is 1.63 bits per heavy atom. The van der Waals surface area contributed by atoms with Gasteiger partial charge in [-0.05, 0) is 19.8 Å². The normalized spacial score (nSPS) is 23.2. The zero-order valence-corrected chi connectivity index (χ0v) is 10.9. The van der Waals surface area contributed by atoms with E-state index in [1.54, 1.807) is 0 Å². The van der Waals surface area contributed by atoms with Crippen molar-refractivity contribution >= 4 is 11.8 Å². The van der Waals surface area contributed by atoms with Crippen molar-refractivity contribution in [3.63, 3.8) is 0 Å². The summed E-state index contributed by atoms with van der Waals surface area (Å²) in [6, 6.07) is -0.00181. The monoisotopic (exact) mass is 267 g/mol. The van der Waals surface area contributed by atoms with Crippen molar-refractivity contribution in [3.8, 4) is 5.75 Å². The van der Waals surface area contributed by atoms with Crippen LogP contribution in [-0.4, -0.2) is 40.7 Å². The first kappa shape index (κ1) is 13.4. The number of carboxylic acids is 1. The fourth-order valence-corrected chi connectivity index (χ4v) is 2.48. The van der Waals surface area contributed by atoms with Crippen LogP contribution in [-0.2, 0) is 4.79 Å². The maximum absolute atomic E-state index is 11.7. The minimum absolute atomic E-state index is 0.00181. The van der Waals surface area contributed by atoms with Gasteiger partial charge in [0, 0.05) is 12.6 Å². The van der Waals surface area contributed by atoms with Gasteiger partial charge in [0.1, 0.15) is 0 Å². The van der Waals surface area contributed by atoms with Crippen LogP contribution in [0, 0.1) is 5.92 Å². The summed E-state index contributed by atoms with van der Waals surface area (Å²) >= 11 is 0. The van der Waals surface area contributed by atoms with Gasteiger partial charge in [0.25, 0.3) is 5.56 Å². The second-order valence-corrected chi connectivity index (χ2v) is 4.69. The molecule has 0 amide bonds. The fourth-order valence-electron chi connectivity index (χ4n) is 2.48. The van der Waals surface area contributed by atoms with E-state index in [1.807, 2.05) is 11.8 Å². The van der Waals surface area contributed by atoms with E-state index in [0.717, 1.165) is 0 Å². The number of piperidine rings is 1. The highest BCUT2D eigenvalue weighted by Gasteiger charge is 2.32. The third-order valence-electron chi connectivity index (χ3n) is 3.49. The highest BCUT2D eigenvalue weighted by molar-refractivity contribution is 5.70. The second-order valence-electron chi connectivity index (χ2n) is 4.69. The molecule has 1 aromatic rings. The summed E-state index contributed by atoms with van der Waals surface area (Å²) in [6.07, 6.45) is 2.40. The van der Waals surface area contributed by atoms with Crippen LogP contribution in [0.4, 0.5) is 5.82 Å². The molecular formula is C12H17N3O4. The van der Waals surface area contributed by atoms with Crippen molar-refractivity contribution in [2.24, 2.45) is 5.92 Å². The van der Waals surface area contributed by atoms with Crippen molar-refractivity contribution in [2.75, 3.05) is 18.6 Å². The maximum atomic E-state index is 11.7. The third-order valence-corrected chi connectivity index (χ3v) is 3.49. The molecule has 0 spiro atoms. The van der Waals surface area contributed by atoms with Crippen molar-refractivity contribution < 1.29 is 14.6 Å². The molecule has 1 aromatic heterocycles. The smallest absolute Gasteiger partial charge is 0.306 e. The summed E-state index contributed by atoms with van der Waals surface area (Å²) < 4.78 is 5.09. The van der Waals surface area contributed by atoms with Crippen LogP contribution in [0.1, 0.15) is 19.8 Å². The second kappa shape index (κ2) is 5.29. The lowest BCUT2D eigenvalue weighted by Crippen LogP contribution is -2.43. The van der Waals surface area contributed by atoms with E-state index < -0.39 is 5.97 Å². The zero-order valence-electron chi connectivity index (χ0n) is 10.9. The summed E-state index contributed by atoms with van der Waals surface area (Å²) in [5.74, 6) is -0.456. The quantitative estimate of drug-likeness (QED) is 0.826. The van der Waals surface area contributed by atoms with Crippen LogP contribution < -0.4 is 15.2 Å². The summed E-state index contributed by atoms with van der Waals surface area (Å²) in [7, 11) is 1.42. The Morgan fingerprint density at radius 2 is 2.37 bits per heavy atom. The molecule has 2 unspecified atom stereocenters. The first-order valence-electron chi connectivity index (χ1n) is 6.15. The predicted molar refractivity (Wildman–Crippen MR) is 68.6 cm³/mol. The Balaban J connectivity index is 2.27. The third kappa shape index (κ3) is 2.54. The number of anilines is 1. The number of carbonyl (C=O) groups is 1. The highest BCUT2D eigenvalue weighted by Crippen LogP contribution is 2.30. The largest absolute Gasteiger partial charge is 0.489 e. The molecule has 7 nitrogen and oxygen atoms in total. The van der Waals surface area contributed by atoms with Gasteiger partial charge in [-0.3, -0.25) is 9.59 Å². The Morgan fingerprint density at radius 3 is 2.95 bits per heavy atom. The molecule has 0 bridgehead atoms. The number of nitrogens with one attached hydrogen (secondary N) is 1. The van der Waals surface area contributed by atoms with Crippen LogP contribution >= 0.6 is 0 Å². The van der Waals surface area contributed by atoms with Crippen molar-refractivity contribution in [1.29, 1.82) is 0 Å². The number of carboxylic acid groups (broad SMARTS) is 1. The molecule has 0 saturated carbocycles. The van der Waals surface area contributed by atoms with Gasteiger partial charge in [-0.25, -0.2) is 4.98 Å². The van der Waals surface area contributed by atoms with Crippen LogP contribution in [0.5, 0.6) is 5.75 Å². The summed E-state index contributed by atoms with van der Waals surface area (Å²) in [5, 5.41) is 9.04.